The summed E-state index contributed by atoms with van der Waals surface area (Å²) in [4.78, 5) is 42.8. The molecule has 0 radical (unpaired) electrons. The van der Waals surface area contributed by atoms with Gasteiger partial charge in [-0.25, -0.2) is 4.79 Å². The zero-order valence-electron chi connectivity index (χ0n) is 19.3. The Kier molecular flexibility index (Phi) is 6.63. The van der Waals surface area contributed by atoms with Crippen molar-refractivity contribution in [3.05, 3.63) is 64.8 Å². The van der Waals surface area contributed by atoms with E-state index < -0.39 is 0 Å². The third-order valence-electron chi connectivity index (χ3n) is 6.81. The Bertz CT molecular complexity index is 1260. The molecule has 2 fully saturated rings. The van der Waals surface area contributed by atoms with E-state index in [1.165, 1.54) is 0 Å². The van der Waals surface area contributed by atoms with Crippen molar-refractivity contribution < 1.29 is 14.4 Å². The van der Waals surface area contributed by atoms with E-state index in [0.29, 0.717) is 29.2 Å². The van der Waals surface area contributed by atoms with E-state index in [4.69, 9.17) is 11.6 Å². The number of aromatic nitrogens is 1. The van der Waals surface area contributed by atoms with Crippen LogP contribution < -0.4 is 20.9 Å². The van der Waals surface area contributed by atoms with Crippen LogP contribution in [0.1, 0.15) is 52.8 Å². The van der Waals surface area contributed by atoms with Crippen LogP contribution in [0.3, 0.4) is 0 Å². The fourth-order valence-corrected chi connectivity index (χ4v) is 5.10. The molecule has 2 atom stereocenters. The minimum absolute atomic E-state index is 0.118. The first kappa shape index (κ1) is 23.2. The molecular weight excluding hydrogens is 466 g/mol. The lowest BCUT2D eigenvalue weighted by Gasteiger charge is -2.33. The molecule has 0 bridgehead atoms. The quantitative estimate of drug-likeness (QED) is 0.427. The molecule has 4 N–H and O–H groups in total. The molecule has 1 aliphatic heterocycles. The molecule has 1 saturated heterocycles. The number of fused-ring (bicyclic) bond motifs is 1. The monoisotopic (exact) mass is 493 g/mol. The number of halogens is 1. The van der Waals surface area contributed by atoms with Crippen LogP contribution in [0.2, 0.25) is 5.02 Å². The van der Waals surface area contributed by atoms with Crippen LogP contribution in [0.25, 0.3) is 10.9 Å². The summed E-state index contributed by atoms with van der Waals surface area (Å²) in [5.41, 5.74) is 2.64. The highest BCUT2D eigenvalue weighted by molar-refractivity contribution is 6.35. The third-order valence-corrected chi connectivity index (χ3v) is 7.13. The second-order valence-electron chi connectivity index (χ2n) is 9.13. The maximum absolute atomic E-state index is 13.0. The Morgan fingerprint density at radius 3 is 2.26 bits per heavy atom. The lowest BCUT2D eigenvalue weighted by molar-refractivity contribution is 0.0863. The van der Waals surface area contributed by atoms with Crippen molar-refractivity contribution in [1.82, 2.24) is 20.9 Å². The highest BCUT2D eigenvalue weighted by atomic mass is 35.5. The van der Waals surface area contributed by atoms with Crippen LogP contribution in [0.5, 0.6) is 0 Å². The summed E-state index contributed by atoms with van der Waals surface area (Å²) < 4.78 is 0. The third kappa shape index (κ3) is 4.98. The number of benzene rings is 2. The summed E-state index contributed by atoms with van der Waals surface area (Å²) in [6, 6.07) is 12.0. The molecule has 182 valence electrons. The number of carbonyl (C=O) groups is 3. The van der Waals surface area contributed by atoms with Crippen LogP contribution in [-0.4, -0.2) is 48.0 Å². The largest absolute Gasteiger partial charge is 0.360 e. The summed E-state index contributed by atoms with van der Waals surface area (Å²) in [5.74, 6) is -0.360. The van der Waals surface area contributed by atoms with Gasteiger partial charge in [-0.15, -0.1) is 0 Å². The molecule has 3 aromatic rings. The molecule has 2 aromatic carbocycles. The first-order valence-electron chi connectivity index (χ1n) is 12.0. The highest BCUT2D eigenvalue weighted by Gasteiger charge is 2.29. The number of nitrogens with zero attached hydrogens (tertiary/aromatic N) is 1. The Balaban J connectivity index is 1.24. The molecule has 1 aromatic heterocycles. The number of urea groups is 1. The van der Waals surface area contributed by atoms with Gasteiger partial charge in [-0.3, -0.25) is 14.5 Å². The molecule has 4 amide bonds. The van der Waals surface area contributed by atoms with Crippen molar-refractivity contribution in [2.75, 3.05) is 18.0 Å². The molecule has 1 saturated carbocycles. The van der Waals surface area contributed by atoms with E-state index in [0.717, 1.165) is 48.7 Å². The maximum atomic E-state index is 13.0. The number of anilines is 1. The van der Waals surface area contributed by atoms with Crippen LogP contribution >= 0.6 is 11.6 Å². The maximum Gasteiger partial charge on any atom is 0.321 e. The van der Waals surface area contributed by atoms with E-state index in [1.807, 2.05) is 6.07 Å². The van der Waals surface area contributed by atoms with Gasteiger partial charge in [0.05, 0.1) is 5.02 Å². The van der Waals surface area contributed by atoms with Gasteiger partial charge in [-0.05, 0) is 55.7 Å². The SMILES string of the molecule is O=C(N[C@H]1CCCC[C@H]1NC(=O)c1ccc2c(Cl)c[nH]c2c1)c1ccc(N2CCCNC2=O)cc1. The molecule has 9 heteroatoms. The van der Waals surface area contributed by atoms with Crippen LogP contribution in [0.4, 0.5) is 10.5 Å². The van der Waals surface area contributed by atoms with Gasteiger partial charge in [0.15, 0.2) is 0 Å². The number of H-pyrrole nitrogens is 1. The van der Waals surface area contributed by atoms with E-state index in [-0.39, 0.29) is 29.9 Å². The highest BCUT2D eigenvalue weighted by Crippen LogP contribution is 2.25. The van der Waals surface area contributed by atoms with E-state index in [1.54, 1.807) is 47.5 Å². The van der Waals surface area contributed by atoms with Gasteiger partial charge < -0.3 is 20.9 Å². The summed E-state index contributed by atoms with van der Waals surface area (Å²) in [5, 5.41) is 10.6. The summed E-state index contributed by atoms with van der Waals surface area (Å²) in [6.07, 6.45) is 6.18. The number of carbonyl (C=O) groups excluding carboxylic acids is 3. The van der Waals surface area contributed by atoms with Gasteiger partial charge in [0.2, 0.25) is 0 Å². The Morgan fingerprint density at radius 2 is 1.57 bits per heavy atom. The number of amides is 4. The fourth-order valence-electron chi connectivity index (χ4n) is 4.88. The van der Waals surface area contributed by atoms with Crippen molar-refractivity contribution in [2.45, 2.75) is 44.2 Å². The number of hydrogen-bond acceptors (Lipinski definition) is 3. The number of aromatic amines is 1. The molecule has 1 aliphatic carbocycles. The predicted molar refractivity (Wildman–Crippen MR) is 136 cm³/mol. The average molecular weight is 494 g/mol. The smallest absolute Gasteiger partial charge is 0.321 e. The summed E-state index contributed by atoms with van der Waals surface area (Å²) >= 11 is 6.14. The second kappa shape index (κ2) is 10.00. The average Bonchev–Trinajstić information content (AvgIpc) is 3.25. The molecule has 5 rings (SSSR count). The topological polar surface area (TPSA) is 106 Å². The van der Waals surface area contributed by atoms with Gasteiger partial charge in [-0.2, -0.15) is 0 Å². The molecule has 0 unspecified atom stereocenters. The molecule has 35 heavy (non-hydrogen) atoms. The van der Waals surface area contributed by atoms with Crippen molar-refractivity contribution in [3.8, 4) is 0 Å². The zero-order chi connectivity index (χ0) is 24.4. The molecule has 2 heterocycles. The van der Waals surface area contributed by atoms with Crippen LogP contribution in [-0.2, 0) is 0 Å². The normalized spacial score (nSPS) is 20.4. The number of nitrogens with one attached hydrogen (secondary N) is 4. The summed E-state index contributed by atoms with van der Waals surface area (Å²) in [6.45, 7) is 1.34. The minimum atomic E-state index is -0.187. The van der Waals surface area contributed by atoms with Gasteiger partial charge >= 0.3 is 6.03 Å². The molecule has 8 nitrogen and oxygen atoms in total. The van der Waals surface area contributed by atoms with E-state index in [2.05, 4.69) is 20.9 Å². The molecule has 0 spiro atoms. The molecule has 2 aliphatic rings. The van der Waals surface area contributed by atoms with Crippen LogP contribution in [0, 0.1) is 0 Å². The Morgan fingerprint density at radius 1 is 0.914 bits per heavy atom. The zero-order valence-corrected chi connectivity index (χ0v) is 20.0. The van der Waals surface area contributed by atoms with Crippen LogP contribution in [0.15, 0.2) is 48.7 Å². The van der Waals surface area contributed by atoms with Crippen molar-refractivity contribution in [2.24, 2.45) is 0 Å². The lowest BCUT2D eigenvalue weighted by Crippen LogP contribution is -2.53. The number of rotatable bonds is 5. The van der Waals surface area contributed by atoms with Gasteiger partial charge in [0, 0.05) is 59.1 Å². The predicted octanol–water partition coefficient (Wildman–Crippen LogP) is 4.21. The van der Waals surface area contributed by atoms with Crippen molar-refractivity contribution in [1.29, 1.82) is 0 Å². The minimum Gasteiger partial charge on any atom is -0.360 e. The molecular formula is C26H28ClN5O3. The van der Waals surface area contributed by atoms with Crippen molar-refractivity contribution in [3.63, 3.8) is 0 Å². The van der Waals surface area contributed by atoms with Gasteiger partial charge in [0.1, 0.15) is 0 Å². The first-order chi connectivity index (χ1) is 17.0. The number of hydrogen-bond donors (Lipinski definition) is 4. The van der Waals surface area contributed by atoms with E-state index in [9.17, 15) is 14.4 Å². The van der Waals surface area contributed by atoms with Gasteiger partial charge in [0.25, 0.3) is 11.8 Å². The standard InChI is InChI=1S/C26H28ClN5O3/c27-20-15-29-23-14-17(8-11-19(20)23)25(34)31-22-5-2-1-4-21(22)30-24(33)16-6-9-18(10-7-16)32-13-3-12-28-26(32)35/h6-11,14-15,21-22,29H,1-5,12-13H2,(H,28,35)(H,30,33)(H,31,34)/t21-,22+/m0/s1. The first-order valence-corrected chi connectivity index (χ1v) is 12.4. The van der Waals surface area contributed by atoms with Gasteiger partial charge in [-0.1, -0.05) is 30.5 Å². The van der Waals surface area contributed by atoms with Crippen molar-refractivity contribution >= 4 is 46.0 Å². The summed E-state index contributed by atoms with van der Waals surface area (Å²) in [7, 11) is 0. The Labute approximate surface area is 208 Å². The fraction of sp³-hybridized carbons (Fsp3) is 0.346. The van der Waals surface area contributed by atoms with E-state index >= 15 is 0 Å². The second-order valence-corrected chi connectivity index (χ2v) is 9.53. The lowest BCUT2D eigenvalue weighted by atomic mass is 9.89. The Hall–Kier alpha value is -3.52.